The van der Waals surface area contributed by atoms with Gasteiger partial charge in [-0.3, -0.25) is 4.79 Å². The highest BCUT2D eigenvalue weighted by Gasteiger charge is 2.05. The maximum atomic E-state index is 9.81. The zero-order valence-electron chi connectivity index (χ0n) is 8.64. The molecular weight excluding hydrogens is 210 g/mol. The first-order chi connectivity index (χ1) is 7.13. The summed E-state index contributed by atoms with van der Waals surface area (Å²) in [5, 5.41) is 8.06. The van der Waals surface area contributed by atoms with Crippen LogP contribution in [0.1, 0.15) is 18.9 Å². The Labute approximate surface area is 93.7 Å². The Bertz CT molecular complexity index is 301. The summed E-state index contributed by atoms with van der Waals surface area (Å²) in [5.41, 5.74) is 6.47. The Hall–Kier alpha value is -1.00. The lowest BCUT2D eigenvalue weighted by atomic mass is 10.2. The predicted molar refractivity (Wildman–Crippen MR) is 61.9 cm³/mol. The zero-order valence-corrected chi connectivity index (χ0v) is 9.46. The Morgan fingerprint density at radius 3 is 2.20 bits per heavy atom. The molecule has 1 unspecified atom stereocenters. The minimum absolute atomic E-state index is 0.495. The summed E-state index contributed by atoms with van der Waals surface area (Å²) < 4.78 is 0. The van der Waals surface area contributed by atoms with E-state index in [1.54, 1.807) is 6.92 Å². The van der Waals surface area contributed by atoms with Gasteiger partial charge in [0.05, 0.1) is 0 Å². The molecule has 1 aromatic carbocycles. The van der Waals surface area contributed by atoms with Gasteiger partial charge in [-0.2, -0.15) is 0 Å². The largest absolute Gasteiger partial charge is 0.480 e. The molecule has 2 bridgehead atoms. The lowest BCUT2D eigenvalue weighted by molar-refractivity contribution is -0.138. The lowest BCUT2D eigenvalue weighted by Crippen LogP contribution is -2.28. The van der Waals surface area contributed by atoms with Crippen LogP contribution in [0, 0.1) is 0 Å². The summed E-state index contributed by atoms with van der Waals surface area (Å²) in [7, 11) is 0. The number of hydrogen-bond donors (Lipinski definition) is 2. The molecule has 0 saturated carbocycles. The van der Waals surface area contributed by atoms with Crippen LogP contribution in [0.3, 0.4) is 0 Å². The van der Waals surface area contributed by atoms with Crippen molar-refractivity contribution < 1.29 is 9.90 Å². The molecule has 3 N–H and O–H groups in total. The SMILES string of the molecule is CCC(N)C(=O)O.c1cc2ccc1CS2. The number of fused-ring (bicyclic) bond motifs is 3. The summed E-state index contributed by atoms with van der Waals surface area (Å²) in [6.45, 7) is 1.73. The third-order valence-electron chi connectivity index (χ3n) is 2.09. The van der Waals surface area contributed by atoms with Gasteiger partial charge in [0.1, 0.15) is 6.04 Å². The quantitative estimate of drug-likeness (QED) is 0.809. The minimum atomic E-state index is -0.928. The zero-order chi connectivity index (χ0) is 11.3. The van der Waals surface area contributed by atoms with E-state index in [1.165, 1.54) is 16.2 Å². The first-order valence-corrected chi connectivity index (χ1v) is 5.82. The van der Waals surface area contributed by atoms with Gasteiger partial charge in [-0.1, -0.05) is 19.1 Å². The standard InChI is InChI=1S/C7H6S.C4H9NO2/c1-3-7-4-2-6(1)5-8-7;1-2-3(5)4(6)7/h1-4H,5H2;3H,2,5H2,1H3,(H,6,7). The van der Waals surface area contributed by atoms with Crippen LogP contribution in [0.15, 0.2) is 29.2 Å². The summed E-state index contributed by atoms with van der Waals surface area (Å²) in [5.74, 6) is 0.255. The van der Waals surface area contributed by atoms with Crippen LogP contribution in [0.25, 0.3) is 0 Å². The number of thioether (sulfide) groups is 1. The van der Waals surface area contributed by atoms with Crippen LogP contribution in [-0.4, -0.2) is 17.1 Å². The van der Waals surface area contributed by atoms with Crippen molar-refractivity contribution in [3.63, 3.8) is 0 Å². The fourth-order valence-corrected chi connectivity index (χ4v) is 1.88. The van der Waals surface area contributed by atoms with Gasteiger partial charge in [0, 0.05) is 10.6 Å². The van der Waals surface area contributed by atoms with E-state index < -0.39 is 12.0 Å². The van der Waals surface area contributed by atoms with Crippen molar-refractivity contribution in [2.45, 2.75) is 30.0 Å². The molecule has 82 valence electrons. The van der Waals surface area contributed by atoms with Gasteiger partial charge in [0.2, 0.25) is 0 Å². The number of carbonyl (C=O) groups is 1. The molecule has 1 atom stereocenters. The van der Waals surface area contributed by atoms with Gasteiger partial charge in [0.25, 0.3) is 0 Å². The van der Waals surface area contributed by atoms with E-state index in [0.29, 0.717) is 6.42 Å². The Kier molecular flexibility index (Phi) is 4.65. The van der Waals surface area contributed by atoms with E-state index in [-0.39, 0.29) is 0 Å². The first kappa shape index (κ1) is 12.1. The number of hydrogen-bond acceptors (Lipinski definition) is 3. The second-order valence-electron chi connectivity index (χ2n) is 3.29. The summed E-state index contributed by atoms with van der Waals surface area (Å²) >= 11 is 1.92. The van der Waals surface area contributed by atoms with Crippen LogP contribution in [-0.2, 0) is 10.5 Å². The van der Waals surface area contributed by atoms with E-state index in [2.05, 4.69) is 24.3 Å². The molecule has 3 nitrogen and oxygen atoms in total. The molecule has 4 heteroatoms. The average molecular weight is 225 g/mol. The lowest BCUT2D eigenvalue weighted by Gasteiger charge is -2.08. The number of nitrogens with two attached hydrogens (primary N) is 1. The smallest absolute Gasteiger partial charge is 0.320 e. The normalized spacial score (nSPS) is 14.0. The minimum Gasteiger partial charge on any atom is -0.480 e. The van der Waals surface area contributed by atoms with Gasteiger partial charge in [-0.05, 0) is 24.1 Å². The molecule has 0 fully saturated rings. The van der Waals surface area contributed by atoms with E-state index >= 15 is 0 Å². The number of carboxylic acid groups (broad SMARTS) is 1. The molecule has 0 spiro atoms. The van der Waals surface area contributed by atoms with Crippen LogP contribution in [0.2, 0.25) is 0 Å². The highest BCUT2D eigenvalue weighted by molar-refractivity contribution is 7.98. The third kappa shape index (κ3) is 3.93. The van der Waals surface area contributed by atoms with Crippen molar-refractivity contribution in [1.29, 1.82) is 0 Å². The summed E-state index contributed by atoms with van der Waals surface area (Å²) in [6.07, 6.45) is 0.495. The van der Waals surface area contributed by atoms with Crippen molar-refractivity contribution in [3.8, 4) is 0 Å². The molecular formula is C11H15NO2S. The number of benzene rings is 1. The second-order valence-corrected chi connectivity index (χ2v) is 4.33. The Balaban J connectivity index is 0.000000153. The van der Waals surface area contributed by atoms with Crippen molar-refractivity contribution >= 4 is 17.7 Å². The molecule has 2 aliphatic rings. The van der Waals surface area contributed by atoms with Gasteiger partial charge >= 0.3 is 5.97 Å². The highest BCUT2D eigenvalue weighted by atomic mass is 32.2. The molecule has 15 heavy (non-hydrogen) atoms. The first-order valence-electron chi connectivity index (χ1n) is 4.83. The van der Waals surface area contributed by atoms with Crippen LogP contribution >= 0.6 is 11.8 Å². The highest BCUT2D eigenvalue weighted by Crippen LogP contribution is 2.28. The molecule has 0 aromatic heterocycles. The van der Waals surface area contributed by atoms with Crippen molar-refractivity contribution in [3.05, 3.63) is 29.8 Å². The molecule has 0 amide bonds. The molecule has 3 rings (SSSR count). The third-order valence-corrected chi connectivity index (χ3v) is 3.17. The summed E-state index contributed by atoms with van der Waals surface area (Å²) in [6, 6.07) is 8.03. The van der Waals surface area contributed by atoms with Gasteiger partial charge in [0.15, 0.2) is 0 Å². The van der Waals surface area contributed by atoms with Gasteiger partial charge in [-0.25, -0.2) is 0 Å². The van der Waals surface area contributed by atoms with Crippen molar-refractivity contribution in [2.24, 2.45) is 5.73 Å². The molecule has 0 radical (unpaired) electrons. The fraction of sp³-hybridized carbons (Fsp3) is 0.364. The monoisotopic (exact) mass is 225 g/mol. The molecule has 0 aliphatic carbocycles. The second kappa shape index (κ2) is 5.78. The maximum absolute atomic E-state index is 9.81. The van der Waals surface area contributed by atoms with Crippen molar-refractivity contribution in [1.82, 2.24) is 0 Å². The maximum Gasteiger partial charge on any atom is 0.320 e. The molecule has 2 heterocycles. The topological polar surface area (TPSA) is 63.3 Å². The van der Waals surface area contributed by atoms with Gasteiger partial charge in [-0.15, -0.1) is 11.8 Å². The van der Waals surface area contributed by atoms with Crippen LogP contribution in [0.4, 0.5) is 0 Å². The number of aliphatic carboxylic acids is 1. The van der Waals surface area contributed by atoms with E-state index in [9.17, 15) is 4.79 Å². The van der Waals surface area contributed by atoms with Gasteiger partial charge < -0.3 is 10.8 Å². The molecule has 2 aliphatic heterocycles. The molecule has 1 aromatic rings. The van der Waals surface area contributed by atoms with E-state index in [1.807, 2.05) is 11.8 Å². The fourth-order valence-electron chi connectivity index (χ4n) is 1.02. The van der Waals surface area contributed by atoms with E-state index in [4.69, 9.17) is 10.8 Å². The Morgan fingerprint density at radius 2 is 2.13 bits per heavy atom. The number of carboxylic acids is 1. The van der Waals surface area contributed by atoms with Crippen LogP contribution in [0.5, 0.6) is 0 Å². The summed E-state index contributed by atoms with van der Waals surface area (Å²) in [4.78, 5) is 11.2. The van der Waals surface area contributed by atoms with E-state index in [0.717, 1.165) is 0 Å². The number of rotatable bonds is 2. The van der Waals surface area contributed by atoms with Crippen molar-refractivity contribution in [2.75, 3.05) is 0 Å². The predicted octanol–water partition coefficient (Wildman–Crippen LogP) is 2.10. The van der Waals surface area contributed by atoms with Crippen LogP contribution < -0.4 is 5.73 Å². The Morgan fingerprint density at radius 1 is 1.53 bits per heavy atom. The average Bonchev–Trinajstić information content (AvgIpc) is 2.31. The molecule has 0 saturated heterocycles.